The molecule has 8 heteroatoms. The number of hydrogen-bond donors (Lipinski definition) is 2. The number of anilines is 2. The number of nitro groups is 1. The van der Waals surface area contributed by atoms with Gasteiger partial charge in [-0.15, -0.1) is 11.8 Å². The molecule has 0 saturated carbocycles. The molecule has 0 saturated heterocycles. The molecule has 0 atom stereocenters. The Labute approximate surface area is 200 Å². The number of thioether (sulfide) groups is 1. The highest BCUT2D eigenvalue weighted by molar-refractivity contribution is 8.00. The molecule has 170 valence electrons. The van der Waals surface area contributed by atoms with Gasteiger partial charge in [0, 0.05) is 34.0 Å². The van der Waals surface area contributed by atoms with Gasteiger partial charge < -0.3 is 10.6 Å². The number of nitrogens with zero attached hydrogens (tertiary/aromatic N) is 1. The van der Waals surface area contributed by atoms with Gasteiger partial charge in [-0.3, -0.25) is 19.7 Å². The fraction of sp³-hybridized carbons (Fsp3) is 0.0769. The van der Waals surface area contributed by atoms with E-state index >= 15 is 0 Å². The van der Waals surface area contributed by atoms with E-state index in [4.69, 9.17) is 0 Å². The summed E-state index contributed by atoms with van der Waals surface area (Å²) in [7, 11) is 0. The Balaban J connectivity index is 1.31. The van der Waals surface area contributed by atoms with Gasteiger partial charge in [0.25, 0.3) is 11.6 Å². The molecule has 0 bridgehead atoms. The number of benzene rings is 4. The number of nitro benzene ring substituents is 1. The average Bonchev–Trinajstić information content (AvgIpc) is 2.84. The minimum Gasteiger partial charge on any atom is -0.325 e. The van der Waals surface area contributed by atoms with E-state index in [1.807, 2.05) is 48.5 Å². The Morgan fingerprint density at radius 3 is 2.32 bits per heavy atom. The first-order valence-corrected chi connectivity index (χ1v) is 11.5. The largest absolute Gasteiger partial charge is 0.325 e. The lowest BCUT2D eigenvalue weighted by Gasteiger charge is -2.09. The molecule has 0 fully saturated rings. The van der Waals surface area contributed by atoms with Crippen molar-refractivity contribution in [3.05, 3.63) is 106 Å². The van der Waals surface area contributed by atoms with Gasteiger partial charge in [0.1, 0.15) is 0 Å². The predicted octanol–water partition coefficient (Wildman–Crippen LogP) is 6.04. The van der Waals surface area contributed by atoms with Crippen LogP contribution in [0.4, 0.5) is 17.1 Å². The average molecular weight is 472 g/mol. The normalized spacial score (nSPS) is 10.6. The third kappa shape index (κ3) is 5.60. The van der Waals surface area contributed by atoms with Gasteiger partial charge in [-0.05, 0) is 65.7 Å². The minimum atomic E-state index is -0.470. The summed E-state index contributed by atoms with van der Waals surface area (Å²) in [5.74, 6) is -0.223. The number of fused-ring (bicyclic) bond motifs is 1. The monoisotopic (exact) mass is 471 g/mol. The summed E-state index contributed by atoms with van der Waals surface area (Å²) in [6.07, 6.45) is 0. The van der Waals surface area contributed by atoms with Gasteiger partial charge in [0.15, 0.2) is 0 Å². The maximum Gasteiger partial charge on any atom is 0.269 e. The van der Waals surface area contributed by atoms with Crippen LogP contribution in [0.3, 0.4) is 0 Å². The topological polar surface area (TPSA) is 101 Å². The van der Waals surface area contributed by atoms with Crippen molar-refractivity contribution in [3.63, 3.8) is 0 Å². The Morgan fingerprint density at radius 1 is 0.882 bits per heavy atom. The molecule has 0 aliphatic heterocycles. The highest BCUT2D eigenvalue weighted by Crippen LogP contribution is 2.24. The Morgan fingerprint density at radius 2 is 1.62 bits per heavy atom. The summed E-state index contributed by atoms with van der Waals surface area (Å²) in [6, 6.07) is 25.0. The zero-order chi connectivity index (χ0) is 24.1. The highest BCUT2D eigenvalue weighted by atomic mass is 32.2. The molecule has 0 aliphatic rings. The lowest BCUT2D eigenvalue weighted by Crippen LogP contribution is -2.15. The Kier molecular flexibility index (Phi) is 6.89. The zero-order valence-electron chi connectivity index (χ0n) is 18.3. The lowest BCUT2D eigenvalue weighted by atomic mass is 10.1. The SMILES string of the molecule is Cc1cc([N+](=O)[O-])ccc1NC(=O)CSc1ccc(NC(=O)c2ccc3ccccc3c2)cc1. The highest BCUT2D eigenvalue weighted by Gasteiger charge is 2.11. The van der Waals surface area contributed by atoms with Crippen LogP contribution in [0.25, 0.3) is 10.8 Å². The summed E-state index contributed by atoms with van der Waals surface area (Å²) in [4.78, 5) is 36.2. The second-order valence-electron chi connectivity index (χ2n) is 7.63. The van der Waals surface area contributed by atoms with E-state index in [2.05, 4.69) is 10.6 Å². The van der Waals surface area contributed by atoms with Crippen LogP contribution < -0.4 is 10.6 Å². The summed E-state index contributed by atoms with van der Waals surface area (Å²) in [5.41, 5.74) is 2.39. The summed E-state index contributed by atoms with van der Waals surface area (Å²) < 4.78 is 0. The van der Waals surface area contributed by atoms with Gasteiger partial charge in [0.2, 0.25) is 5.91 Å². The van der Waals surface area contributed by atoms with Crippen molar-refractivity contribution in [2.45, 2.75) is 11.8 Å². The van der Waals surface area contributed by atoms with Crippen molar-refractivity contribution in [3.8, 4) is 0 Å². The first-order chi connectivity index (χ1) is 16.4. The fourth-order valence-electron chi connectivity index (χ4n) is 3.41. The predicted molar refractivity (Wildman–Crippen MR) is 136 cm³/mol. The molecule has 0 radical (unpaired) electrons. The standard InChI is InChI=1S/C26H21N3O4S/c1-17-14-22(29(32)33)10-13-24(17)28-25(30)16-34-23-11-8-21(9-12-23)27-26(31)20-7-6-18-4-2-3-5-19(18)15-20/h2-15H,16H2,1H3,(H,27,31)(H,28,30). The molecule has 0 spiro atoms. The molecule has 4 aromatic rings. The van der Waals surface area contributed by atoms with Crippen molar-refractivity contribution in [1.29, 1.82) is 0 Å². The van der Waals surface area contributed by atoms with Crippen LogP contribution in [0.5, 0.6) is 0 Å². The quantitative estimate of drug-likeness (QED) is 0.194. The molecule has 0 aromatic heterocycles. The van der Waals surface area contributed by atoms with Gasteiger partial charge in [-0.25, -0.2) is 0 Å². The number of carbonyl (C=O) groups excluding carboxylic acids is 2. The van der Waals surface area contributed by atoms with E-state index in [-0.39, 0.29) is 23.3 Å². The molecule has 0 unspecified atom stereocenters. The number of carbonyl (C=O) groups is 2. The fourth-order valence-corrected chi connectivity index (χ4v) is 4.10. The van der Waals surface area contributed by atoms with Crippen LogP contribution in [0, 0.1) is 17.0 Å². The van der Waals surface area contributed by atoms with Crippen LogP contribution in [-0.4, -0.2) is 22.5 Å². The van der Waals surface area contributed by atoms with E-state index in [1.165, 1.54) is 30.0 Å². The van der Waals surface area contributed by atoms with Gasteiger partial charge in [-0.1, -0.05) is 30.3 Å². The first kappa shape index (κ1) is 23.0. The van der Waals surface area contributed by atoms with E-state index < -0.39 is 4.92 Å². The number of non-ortho nitro benzene ring substituents is 1. The maximum atomic E-state index is 12.6. The van der Waals surface area contributed by atoms with Crippen LogP contribution in [-0.2, 0) is 4.79 Å². The maximum absolute atomic E-state index is 12.6. The lowest BCUT2D eigenvalue weighted by molar-refractivity contribution is -0.384. The second-order valence-corrected chi connectivity index (χ2v) is 8.68. The molecule has 0 heterocycles. The molecule has 34 heavy (non-hydrogen) atoms. The van der Waals surface area contributed by atoms with E-state index in [0.717, 1.165) is 15.7 Å². The molecule has 0 aliphatic carbocycles. The van der Waals surface area contributed by atoms with Crippen molar-refractivity contribution in [1.82, 2.24) is 0 Å². The molecular formula is C26H21N3O4S. The van der Waals surface area contributed by atoms with Crippen molar-refractivity contribution in [2.75, 3.05) is 16.4 Å². The van der Waals surface area contributed by atoms with Crippen molar-refractivity contribution >= 4 is 51.4 Å². The van der Waals surface area contributed by atoms with Gasteiger partial charge >= 0.3 is 0 Å². The molecule has 7 nitrogen and oxygen atoms in total. The van der Waals surface area contributed by atoms with E-state index in [0.29, 0.717) is 22.5 Å². The van der Waals surface area contributed by atoms with Gasteiger partial charge in [0.05, 0.1) is 10.7 Å². The van der Waals surface area contributed by atoms with E-state index in [9.17, 15) is 19.7 Å². The smallest absolute Gasteiger partial charge is 0.269 e. The number of rotatable bonds is 7. The number of hydrogen-bond acceptors (Lipinski definition) is 5. The molecule has 4 aromatic carbocycles. The van der Waals surface area contributed by atoms with Crippen LogP contribution in [0.15, 0.2) is 89.8 Å². The Bertz CT molecular complexity index is 1390. The molecule has 4 rings (SSSR count). The number of nitrogens with one attached hydrogen (secondary N) is 2. The number of aryl methyl sites for hydroxylation is 1. The minimum absolute atomic E-state index is 0.0160. The van der Waals surface area contributed by atoms with Crippen molar-refractivity contribution < 1.29 is 14.5 Å². The molecule has 2 amide bonds. The second kappa shape index (κ2) is 10.2. The van der Waals surface area contributed by atoms with Crippen LogP contribution >= 0.6 is 11.8 Å². The summed E-state index contributed by atoms with van der Waals surface area (Å²) >= 11 is 1.35. The zero-order valence-corrected chi connectivity index (χ0v) is 19.1. The van der Waals surface area contributed by atoms with E-state index in [1.54, 1.807) is 25.1 Å². The summed E-state index contributed by atoms with van der Waals surface area (Å²) in [5, 5.41) is 18.6. The third-order valence-corrected chi connectivity index (χ3v) is 6.20. The Hall–Kier alpha value is -4.17. The first-order valence-electron chi connectivity index (χ1n) is 10.5. The van der Waals surface area contributed by atoms with Gasteiger partial charge in [-0.2, -0.15) is 0 Å². The molecular weight excluding hydrogens is 450 g/mol. The van der Waals surface area contributed by atoms with Crippen LogP contribution in [0.2, 0.25) is 0 Å². The van der Waals surface area contributed by atoms with Crippen LogP contribution in [0.1, 0.15) is 15.9 Å². The van der Waals surface area contributed by atoms with Crippen molar-refractivity contribution in [2.24, 2.45) is 0 Å². The number of amides is 2. The summed E-state index contributed by atoms with van der Waals surface area (Å²) in [6.45, 7) is 1.71. The molecule has 2 N–H and O–H groups in total. The third-order valence-electron chi connectivity index (χ3n) is 5.19.